The van der Waals surface area contributed by atoms with Crippen LogP contribution in [0.2, 0.25) is 0 Å². The van der Waals surface area contributed by atoms with Gasteiger partial charge in [-0.25, -0.2) is 4.98 Å². The van der Waals surface area contributed by atoms with Gasteiger partial charge in [0.15, 0.2) is 0 Å². The highest BCUT2D eigenvalue weighted by molar-refractivity contribution is 9.10. The highest BCUT2D eigenvalue weighted by Crippen LogP contribution is 2.38. The summed E-state index contributed by atoms with van der Waals surface area (Å²) in [4.78, 5) is 17.1. The van der Waals surface area contributed by atoms with Crippen LogP contribution in [0.3, 0.4) is 0 Å². The summed E-state index contributed by atoms with van der Waals surface area (Å²) < 4.78 is 6.87. The van der Waals surface area contributed by atoms with E-state index in [0.29, 0.717) is 23.5 Å². The molecule has 0 bridgehead atoms. The second-order valence-corrected chi connectivity index (χ2v) is 7.89. The molecule has 26 heavy (non-hydrogen) atoms. The number of nitrogens with one attached hydrogen (secondary N) is 2. The molecule has 2 fully saturated rings. The molecule has 2 atom stereocenters. The Hall–Kier alpha value is -1.92. The van der Waals surface area contributed by atoms with Crippen molar-refractivity contribution in [3.05, 3.63) is 52.6 Å². The fourth-order valence-electron chi connectivity index (χ4n) is 3.38. The summed E-state index contributed by atoms with van der Waals surface area (Å²) in [6, 6.07) is 11.4. The molecule has 2 aliphatic rings. The monoisotopic (exact) mass is 415 g/mol. The van der Waals surface area contributed by atoms with E-state index in [9.17, 15) is 4.79 Å². The molecular weight excluding hydrogens is 394 g/mol. The van der Waals surface area contributed by atoms with Crippen LogP contribution in [-0.2, 0) is 4.74 Å². The number of carbonyl (C=O) groups excluding carboxylic acids is 1. The van der Waals surface area contributed by atoms with Gasteiger partial charge in [-0.15, -0.1) is 0 Å². The molecule has 2 aromatic rings. The Morgan fingerprint density at radius 3 is 2.73 bits per heavy atom. The van der Waals surface area contributed by atoms with E-state index >= 15 is 0 Å². The van der Waals surface area contributed by atoms with E-state index in [0.717, 1.165) is 35.5 Å². The molecule has 6 heteroatoms. The van der Waals surface area contributed by atoms with Crippen molar-refractivity contribution in [2.45, 2.75) is 37.8 Å². The lowest BCUT2D eigenvalue weighted by atomic mass is 10.00. The maximum atomic E-state index is 12.7. The zero-order valence-corrected chi connectivity index (χ0v) is 16.0. The van der Waals surface area contributed by atoms with Crippen molar-refractivity contribution in [1.82, 2.24) is 4.98 Å². The summed E-state index contributed by atoms with van der Waals surface area (Å²) >= 11 is 3.40. The van der Waals surface area contributed by atoms with Gasteiger partial charge in [0.05, 0.1) is 11.7 Å². The van der Waals surface area contributed by atoms with E-state index in [1.807, 2.05) is 24.3 Å². The summed E-state index contributed by atoms with van der Waals surface area (Å²) in [5, 5.41) is 6.41. The van der Waals surface area contributed by atoms with Gasteiger partial charge in [-0.3, -0.25) is 4.79 Å². The van der Waals surface area contributed by atoms with Crippen molar-refractivity contribution in [3.8, 4) is 0 Å². The number of carbonyl (C=O) groups is 1. The van der Waals surface area contributed by atoms with E-state index < -0.39 is 0 Å². The van der Waals surface area contributed by atoms with Crippen molar-refractivity contribution in [2.75, 3.05) is 17.2 Å². The smallest absolute Gasteiger partial charge is 0.259 e. The highest BCUT2D eigenvalue weighted by atomic mass is 79.9. The Kier molecular flexibility index (Phi) is 5.22. The third kappa shape index (κ3) is 4.24. The van der Waals surface area contributed by atoms with Crippen LogP contribution >= 0.6 is 15.9 Å². The van der Waals surface area contributed by atoms with Crippen LogP contribution in [0.25, 0.3) is 0 Å². The van der Waals surface area contributed by atoms with Crippen molar-refractivity contribution in [1.29, 1.82) is 0 Å². The number of hydrogen-bond acceptors (Lipinski definition) is 4. The molecule has 0 spiro atoms. The molecule has 2 N–H and O–H groups in total. The number of pyridine rings is 1. The molecule has 1 aromatic carbocycles. The quantitative estimate of drug-likeness (QED) is 0.755. The SMILES string of the molecule is O=C(Nc1ccc(Br)cc1)c1cccnc1NC1CCOC(C2CC2)C1. The summed E-state index contributed by atoms with van der Waals surface area (Å²) in [7, 11) is 0. The van der Waals surface area contributed by atoms with Crippen molar-refractivity contribution < 1.29 is 9.53 Å². The lowest BCUT2D eigenvalue weighted by Gasteiger charge is -2.31. The Morgan fingerprint density at radius 2 is 1.96 bits per heavy atom. The van der Waals surface area contributed by atoms with Gasteiger partial charge < -0.3 is 15.4 Å². The van der Waals surface area contributed by atoms with Crippen LogP contribution in [0, 0.1) is 5.92 Å². The van der Waals surface area contributed by atoms with E-state index in [-0.39, 0.29) is 5.91 Å². The number of rotatable bonds is 5. The third-order valence-electron chi connectivity index (χ3n) is 4.96. The lowest BCUT2D eigenvalue weighted by Crippen LogP contribution is -2.35. The average Bonchev–Trinajstić information content (AvgIpc) is 3.49. The topological polar surface area (TPSA) is 63.2 Å². The number of anilines is 2. The molecule has 1 aliphatic carbocycles. The van der Waals surface area contributed by atoms with E-state index in [4.69, 9.17) is 4.74 Å². The molecule has 1 saturated carbocycles. The molecule has 2 heterocycles. The van der Waals surface area contributed by atoms with Gasteiger partial charge >= 0.3 is 0 Å². The highest BCUT2D eigenvalue weighted by Gasteiger charge is 2.36. The van der Waals surface area contributed by atoms with Crippen LogP contribution < -0.4 is 10.6 Å². The van der Waals surface area contributed by atoms with Crippen molar-refractivity contribution in [2.24, 2.45) is 5.92 Å². The molecule has 1 saturated heterocycles. The molecule has 1 aromatic heterocycles. The second-order valence-electron chi connectivity index (χ2n) is 6.97. The van der Waals surface area contributed by atoms with Crippen LogP contribution in [0.4, 0.5) is 11.5 Å². The fourth-order valence-corrected chi connectivity index (χ4v) is 3.65. The van der Waals surface area contributed by atoms with E-state index in [2.05, 4.69) is 31.5 Å². The molecule has 0 radical (unpaired) electrons. The summed E-state index contributed by atoms with van der Waals surface area (Å²) in [5.74, 6) is 1.21. The molecule has 136 valence electrons. The number of ether oxygens (including phenoxy) is 1. The zero-order chi connectivity index (χ0) is 17.9. The van der Waals surface area contributed by atoms with Gasteiger partial charge in [-0.2, -0.15) is 0 Å². The average molecular weight is 416 g/mol. The molecule has 2 unspecified atom stereocenters. The number of benzene rings is 1. The number of nitrogens with zero attached hydrogens (tertiary/aromatic N) is 1. The first kappa shape index (κ1) is 17.5. The maximum Gasteiger partial charge on any atom is 0.259 e. The third-order valence-corrected chi connectivity index (χ3v) is 5.49. The Bertz CT molecular complexity index is 777. The first-order chi connectivity index (χ1) is 12.7. The zero-order valence-electron chi connectivity index (χ0n) is 14.5. The van der Waals surface area contributed by atoms with Crippen LogP contribution in [0.5, 0.6) is 0 Å². The van der Waals surface area contributed by atoms with E-state index in [1.54, 1.807) is 18.3 Å². The van der Waals surface area contributed by atoms with Gasteiger partial charge in [-0.1, -0.05) is 15.9 Å². The van der Waals surface area contributed by atoms with Crippen molar-refractivity contribution >= 4 is 33.3 Å². The van der Waals surface area contributed by atoms with Gasteiger partial charge in [0.25, 0.3) is 5.91 Å². The van der Waals surface area contributed by atoms with Gasteiger partial charge in [0.2, 0.25) is 0 Å². The van der Waals surface area contributed by atoms with Crippen LogP contribution in [0.15, 0.2) is 47.1 Å². The second kappa shape index (κ2) is 7.76. The maximum absolute atomic E-state index is 12.7. The Balaban J connectivity index is 1.45. The number of aromatic nitrogens is 1. The van der Waals surface area contributed by atoms with Crippen LogP contribution in [-0.4, -0.2) is 29.6 Å². The van der Waals surface area contributed by atoms with E-state index in [1.165, 1.54) is 12.8 Å². The van der Waals surface area contributed by atoms with Crippen LogP contribution in [0.1, 0.15) is 36.0 Å². The Labute approximate surface area is 161 Å². The largest absolute Gasteiger partial charge is 0.378 e. The standard InChI is InChI=1S/C20H22BrN3O2/c21-14-5-7-15(8-6-14)24-20(25)17-2-1-10-22-19(17)23-16-9-11-26-18(12-16)13-3-4-13/h1-2,5-8,10,13,16,18H,3-4,9,11-12H2,(H,22,23)(H,24,25). The Morgan fingerprint density at radius 1 is 1.15 bits per heavy atom. The minimum Gasteiger partial charge on any atom is -0.378 e. The first-order valence-electron chi connectivity index (χ1n) is 9.09. The summed E-state index contributed by atoms with van der Waals surface area (Å²) in [5.41, 5.74) is 1.32. The number of amides is 1. The summed E-state index contributed by atoms with van der Waals surface area (Å²) in [6.45, 7) is 0.770. The molecule has 4 rings (SSSR count). The minimum atomic E-state index is -0.159. The number of hydrogen-bond donors (Lipinski definition) is 2. The molecule has 5 nitrogen and oxygen atoms in total. The van der Waals surface area contributed by atoms with Gasteiger partial charge in [0, 0.05) is 29.0 Å². The number of halogens is 1. The predicted octanol–water partition coefficient (Wildman–Crippen LogP) is 4.47. The van der Waals surface area contributed by atoms with Gasteiger partial charge in [0.1, 0.15) is 5.82 Å². The normalized spacial score (nSPS) is 22.7. The molecular formula is C20H22BrN3O2. The predicted molar refractivity (Wildman–Crippen MR) is 105 cm³/mol. The summed E-state index contributed by atoms with van der Waals surface area (Å²) in [6.07, 6.45) is 6.55. The fraction of sp³-hybridized carbons (Fsp3) is 0.400. The first-order valence-corrected chi connectivity index (χ1v) is 9.88. The lowest BCUT2D eigenvalue weighted by molar-refractivity contribution is -0.00223. The van der Waals surface area contributed by atoms with Gasteiger partial charge in [-0.05, 0) is 68.0 Å². The molecule has 1 amide bonds. The minimum absolute atomic E-state index is 0.159. The molecule has 1 aliphatic heterocycles. The van der Waals surface area contributed by atoms with Crippen molar-refractivity contribution in [3.63, 3.8) is 0 Å².